The second-order valence-electron chi connectivity index (χ2n) is 8.70. The Morgan fingerprint density at radius 3 is 2.53 bits per heavy atom. The van der Waals surface area contributed by atoms with E-state index in [2.05, 4.69) is 5.32 Å². The van der Waals surface area contributed by atoms with E-state index in [-0.39, 0.29) is 27.1 Å². The number of anilines is 1. The van der Waals surface area contributed by atoms with Crippen molar-refractivity contribution in [2.24, 2.45) is 0 Å². The predicted molar refractivity (Wildman–Crippen MR) is 140 cm³/mol. The lowest BCUT2D eigenvalue weighted by Crippen LogP contribution is -2.42. The lowest BCUT2D eigenvalue weighted by atomic mass is 10.1. The molecule has 198 valence electrons. The number of ether oxygens (including phenoxy) is 1. The van der Waals surface area contributed by atoms with E-state index >= 15 is 0 Å². The molecular formula is C26H25N3O7S2. The van der Waals surface area contributed by atoms with Gasteiger partial charge in [-0.25, -0.2) is 18.0 Å². The Morgan fingerprint density at radius 2 is 1.84 bits per heavy atom. The van der Waals surface area contributed by atoms with Crippen molar-refractivity contribution in [3.63, 3.8) is 0 Å². The molecule has 3 aromatic rings. The van der Waals surface area contributed by atoms with Crippen LogP contribution in [0.15, 0.2) is 59.5 Å². The van der Waals surface area contributed by atoms with Crippen LogP contribution in [0.2, 0.25) is 0 Å². The second-order valence-corrected chi connectivity index (χ2v) is 11.7. The van der Waals surface area contributed by atoms with Gasteiger partial charge in [0.05, 0.1) is 10.5 Å². The highest BCUT2D eigenvalue weighted by Gasteiger charge is 2.31. The zero-order chi connectivity index (χ0) is 27.3. The van der Waals surface area contributed by atoms with Gasteiger partial charge in [0.25, 0.3) is 0 Å². The van der Waals surface area contributed by atoms with Crippen LogP contribution in [0, 0.1) is 11.3 Å². The molecule has 0 aliphatic carbocycles. The average molecular weight is 556 g/mol. The molecule has 1 aromatic heterocycles. The van der Waals surface area contributed by atoms with Gasteiger partial charge in [-0.2, -0.15) is 9.57 Å². The molecular weight excluding hydrogens is 530 g/mol. The molecule has 2 heterocycles. The molecule has 0 radical (unpaired) electrons. The largest absolute Gasteiger partial charge is 0.480 e. The summed E-state index contributed by atoms with van der Waals surface area (Å²) in [5.74, 6) is -2.34. The molecule has 0 unspecified atom stereocenters. The number of hydrogen-bond donors (Lipinski definition) is 3. The molecule has 0 amide bonds. The molecule has 1 aliphatic heterocycles. The molecule has 38 heavy (non-hydrogen) atoms. The molecule has 1 fully saturated rings. The van der Waals surface area contributed by atoms with E-state index in [9.17, 15) is 28.4 Å². The summed E-state index contributed by atoms with van der Waals surface area (Å²) in [6.45, 7) is 0.0261. The number of hydrogen-bond acceptors (Lipinski definition) is 8. The summed E-state index contributed by atoms with van der Waals surface area (Å²) in [6.07, 6.45) is 1.62. The summed E-state index contributed by atoms with van der Waals surface area (Å²) in [7, 11) is -3.76. The van der Waals surface area contributed by atoms with Gasteiger partial charge in [0.2, 0.25) is 10.0 Å². The maximum Gasteiger partial charge on any atom is 0.349 e. The number of aliphatic carboxylic acids is 1. The van der Waals surface area contributed by atoms with Crippen LogP contribution in [0.25, 0.3) is 0 Å². The van der Waals surface area contributed by atoms with Gasteiger partial charge >= 0.3 is 11.9 Å². The Hall–Kier alpha value is -3.92. The first kappa shape index (κ1) is 27.1. The molecule has 4 rings (SSSR count). The highest BCUT2D eigenvalue weighted by atomic mass is 32.2. The van der Waals surface area contributed by atoms with Crippen molar-refractivity contribution in [3.05, 3.63) is 75.5 Å². The Bertz CT molecular complexity index is 1490. The first-order chi connectivity index (χ1) is 18.2. The van der Waals surface area contributed by atoms with Crippen LogP contribution in [0.4, 0.5) is 5.69 Å². The quantitative estimate of drug-likeness (QED) is 0.340. The number of carboxylic acids is 2. The predicted octanol–water partition coefficient (Wildman–Crippen LogP) is 3.64. The number of carbonyl (C=O) groups is 2. The fraction of sp³-hybridized carbons (Fsp3) is 0.269. The minimum atomic E-state index is -3.76. The molecule has 0 spiro atoms. The molecule has 12 heteroatoms. The van der Waals surface area contributed by atoms with E-state index in [0.717, 1.165) is 27.5 Å². The van der Waals surface area contributed by atoms with E-state index in [1.54, 1.807) is 18.2 Å². The van der Waals surface area contributed by atoms with Crippen molar-refractivity contribution in [1.29, 1.82) is 5.26 Å². The lowest BCUT2D eigenvalue weighted by molar-refractivity contribution is -0.139. The number of carboxylic acid groups (broad SMARTS) is 2. The molecule has 0 saturated carbocycles. The molecule has 0 bridgehead atoms. The van der Waals surface area contributed by atoms with Gasteiger partial charge < -0.3 is 20.3 Å². The fourth-order valence-electron chi connectivity index (χ4n) is 4.28. The molecule has 1 aliphatic rings. The minimum absolute atomic E-state index is 0.0257. The number of sulfonamides is 1. The number of nitriles is 1. The topological polar surface area (TPSA) is 157 Å². The highest BCUT2D eigenvalue weighted by Crippen LogP contribution is 2.32. The highest BCUT2D eigenvalue weighted by molar-refractivity contribution is 7.89. The van der Waals surface area contributed by atoms with Crippen LogP contribution >= 0.6 is 11.3 Å². The Morgan fingerprint density at radius 1 is 1.11 bits per heavy atom. The van der Waals surface area contributed by atoms with Gasteiger partial charge in [-0.15, -0.1) is 11.3 Å². The van der Waals surface area contributed by atoms with Crippen LogP contribution in [0.1, 0.15) is 38.5 Å². The van der Waals surface area contributed by atoms with Crippen LogP contribution in [-0.4, -0.2) is 60.6 Å². The summed E-state index contributed by atoms with van der Waals surface area (Å²) < 4.78 is 32.7. The lowest BCUT2D eigenvalue weighted by Gasteiger charge is -2.32. The van der Waals surface area contributed by atoms with Crippen LogP contribution in [0.5, 0.6) is 5.75 Å². The smallest absolute Gasteiger partial charge is 0.349 e. The summed E-state index contributed by atoms with van der Waals surface area (Å²) in [6, 6.07) is 17.4. The second kappa shape index (κ2) is 11.6. The van der Waals surface area contributed by atoms with Gasteiger partial charge in [-0.05, 0) is 48.7 Å². The molecule has 1 saturated heterocycles. The number of nitrogens with zero attached hydrogens (tertiary/aromatic N) is 2. The SMILES string of the molecule is N#Cc1ccccc1S(=O)(=O)N1CCC(Nc2cccc(Cc3cc(OCC(=O)O)c(C(=O)O)s3)c2)CC1. The third kappa shape index (κ3) is 6.31. The normalized spacial score (nSPS) is 14.5. The van der Waals surface area contributed by atoms with Crippen LogP contribution < -0.4 is 10.1 Å². The van der Waals surface area contributed by atoms with E-state index in [1.807, 2.05) is 30.3 Å². The van der Waals surface area contributed by atoms with E-state index in [1.165, 1.54) is 16.4 Å². The fourth-order valence-corrected chi connectivity index (χ4v) is 6.86. The Balaban J connectivity index is 1.39. The molecule has 10 nitrogen and oxygen atoms in total. The van der Waals surface area contributed by atoms with Gasteiger partial charge in [-0.1, -0.05) is 24.3 Å². The van der Waals surface area contributed by atoms with Crippen molar-refractivity contribution in [1.82, 2.24) is 4.31 Å². The van der Waals surface area contributed by atoms with Crippen LogP contribution in [0.3, 0.4) is 0 Å². The molecule has 3 N–H and O–H groups in total. The first-order valence-corrected chi connectivity index (χ1v) is 14.0. The zero-order valence-electron chi connectivity index (χ0n) is 20.2. The summed E-state index contributed by atoms with van der Waals surface area (Å²) in [5.41, 5.74) is 1.91. The van der Waals surface area contributed by atoms with E-state index in [0.29, 0.717) is 32.4 Å². The number of nitrogens with one attached hydrogen (secondary N) is 1. The maximum absolute atomic E-state index is 13.1. The van der Waals surface area contributed by atoms with Crippen molar-refractivity contribution in [2.45, 2.75) is 30.2 Å². The van der Waals surface area contributed by atoms with Crippen molar-refractivity contribution < 1.29 is 33.0 Å². The average Bonchev–Trinajstić information content (AvgIpc) is 3.31. The number of benzene rings is 2. The van der Waals surface area contributed by atoms with E-state index in [4.69, 9.17) is 9.84 Å². The number of piperidine rings is 1. The number of thiophene rings is 1. The maximum atomic E-state index is 13.1. The van der Waals surface area contributed by atoms with Crippen molar-refractivity contribution in [2.75, 3.05) is 25.0 Å². The van der Waals surface area contributed by atoms with Crippen molar-refractivity contribution >= 4 is 39.0 Å². The number of rotatable bonds is 10. The summed E-state index contributed by atoms with van der Waals surface area (Å²) in [5, 5.41) is 31.0. The monoisotopic (exact) mass is 555 g/mol. The van der Waals surface area contributed by atoms with Gasteiger partial charge in [0.1, 0.15) is 11.8 Å². The van der Waals surface area contributed by atoms with Crippen LogP contribution in [-0.2, 0) is 21.2 Å². The summed E-state index contributed by atoms with van der Waals surface area (Å²) in [4.78, 5) is 23.0. The number of aromatic carboxylic acids is 1. The first-order valence-electron chi connectivity index (χ1n) is 11.7. The minimum Gasteiger partial charge on any atom is -0.480 e. The molecule has 2 aromatic carbocycles. The third-order valence-corrected chi connectivity index (χ3v) is 9.11. The summed E-state index contributed by atoms with van der Waals surface area (Å²) >= 11 is 1.04. The zero-order valence-corrected chi connectivity index (χ0v) is 21.8. The van der Waals surface area contributed by atoms with Gasteiger partial charge in [0, 0.05) is 36.1 Å². The standard InChI is InChI=1S/C26H25N3O7S2/c27-15-18-5-1-2-7-23(18)38(34,35)29-10-8-19(9-11-29)28-20-6-3-4-17(12-20)13-21-14-22(36-16-24(30)31)25(37-21)26(32)33/h1-7,12,14,19,28H,8-11,13,16H2,(H,30,31)(H,32,33). The third-order valence-electron chi connectivity index (χ3n) is 6.05. The van der Waals surface area contributed by atoms with E-state index < -0.39 is 28.6 Å². The van der Waals surface area contributed by atoms with Gasteiger partial charge in [0.15, 0.2) is 11.5 Å². The Labute approximate surface area is 223 Å². The van der Waals surface area contributed by atoms with Crippen molar-refractivity contribution in [3.8, 4) is 11.8 Å². The van der Waals surface area contributed by atoms with Gasteiger partial charge in [-0.3, -0.25) is 0 Å². The Kier molecular flexibility index (Phi) is 8.31. The molecule has 0 atom stereocenters.